The number of carbonyl (C=O) groups excluding carboxylic acids is 2. The number of furan rings is 1. The summed E-state index contributed by atoms with van der Waals surface area (Å²) in [6.45, 7) is 2.35. The van der Waals surface area contributed by atoms with Gasteiger partial charge in [-0.2, -0.15) is 0 Å². The highest BCUT2D eigenvalue weighted by molar-refractivity contribution is 7.17. The quantitative estimate of drug-likeness (QED) is 0.342. The number of amides is 1. The van der Waals surface area contributed by atoms with E-state index in [1.54, 1.807) is 19.2 Å². The summed E-state index contributed by atoms with van der Waals surface area (Å²) >= 11 is 1.42. The summed E-state index contributed by atoms with van der Waals surface area (Å²) in [5.74, 6) is -0.178. The molecular formula is C26H25ClN2O5S. The molecule has 7 nitrogen and oxygen atoms in total. The average molecular weight is 513 g/mol. The molecule has 2 aromatic carbocycles. The molecule has 0 aliphatic carbocycles. The van der Waals surface area contributed by atoms with Gasteiger partial charge in [0.2, 0.25) is 0 Å². The summed E-state index contributed by atoms with van der Waals surface area (Å²) in [6.07, 6.45) is 0.709. The van der Waals surface area contributed by atoms with Crippen molar-refractivity contribution in [2.45, 2.75) is 19.5 Å². The maximum atomic E-state index is 13.1. The van der Waals surface area contributed by atoms with Crippen molar-refractivity contribution in [3.05, 3.63) is 81.9 Å². The summed E-state index contributed by atoms with van der Waals surface area (Å²) in [5.41, 5.74) is 3.13. The number of rotatable bonds is 6. The number of nitrogens with zero attached hydrogens (tertiary/aromatic N) is 1. The molecule has 0 spiro atoms. The monoisotopic (exact) mass is 512 g/mol. The molecular weight excluding hydrogens is 488 g/mol. The minimum Gasteiger partial charge on any atom is -0.493 e. The van der Waals surface area contributed by atoms with Crippen LogP contribution in [0.15, 0.2) is 59.0 Å². The number of benzene rings is 2. The zero-order chi connectivity index (χ0) is 23.7. The lowest BCUT2D eigenvalue weighted by atomic mass is 10.0. The van der Waals surface area contributed by atoms with Crippen LogP contribution in [-0.4, -0.2) is 37.5 Å². The predicted molar refractivity (Wildman–Crippen MR) is 138 cm³/mol. The molecule has 0 saturated heterocycles. The van der Waals surface area contributed by atoms with Gasteiger partial charge in [-0.25, -0.2) is 4.79 Å². The number of methoxy groups -OCH3 is 2. The zero-order valence-electron chi connectivity index (χ0n) is 19.3. The van der Waals surface area contributed by atoms with Gasteiger partial charge < -0.3 is 19.2 Å². The van der Waals surface area contributed by atoms with E-state index in [1.165, 1.54) is 24.0 Å². The Kier molecular flexibility index (Phi) is 7.45. The molecule has 0 atom stereocenters. The van der Waals surface area contributed by atoms with E-state index in [0.29, 0.717) is 34.9 Å². The van der Waals surface area contributed by atoms with Gasteiger partial charge in [0.25, 0.3) is 5.91 Å². The van der Waals surface area contributed by atoms with Crippen LogP contribution in [0.25, 0.3) is 11.0 Å². The molecule has 1 amide bonds. The van der Waals surface area contributed by atoms with Crippen LogP contribution in [0.2, 0.25) is 0 Å². The summed E-state index contributed by atoms with van der Waals surface area (Å²) in [4.78, 5) is 29.1. The van der Waals surface area contributed by atoms with Crippen molar-refractivity contribution in [1.82, 2.24) is 4.90 Å². The van der Waals surface area contributed by atoms with E-state index in [0.717, 1.165) is 28.9 Å². The fraction of sp³-hybridized carbons (Fsp3) is 0.231. The highest BCUT2D eigenvalue weighted by Crippen LogP contribution is 2.38. The van der Waals surface area contributed by atoms with Crippen LogP contribution in [0, 0.1) is 0 Å². The number of anilines is 1. The lowest BCUT2D eigenvalue weighted by Gasteiger charge is -2.27. The first-order chi connectivity index (χ1) is 16.6. The van der Waals surface area contributed by atoms with E-state index in [4.69, 9.17) is 13.9 Å². The van der Waals surface area contributed by atoms with Crippen molar-refractivity contribution < 1.29 is 23.5 Å². The molecule has 182 valence electrons. The Morgan fingerprint density at radius 3 is 2.66 bits per heavy atom. The van der Waals surface area contributed by atoms with Crippen LogP contribution < -0.4 is 10.1 Å². The molecule has 3 heterocycles. The maximum Gasteiger partial charge on any atom is 0.341 e. The lowest BCUT2D eigenvalue weighted by Crippen LogP contribution is -2.29. The molecule has 0 unspecified atom stereocenters. The van der Waals surface area contributed by atoms with Crippen LogP contribution in [0.3, 0.4) is 0 Å². The minimum absolute atomic E-state index is 0. The first kappa shape index (κ1) is 24.8. The Bertz CT molecular complexity index is 1370. The van der Waals surface area contributed by atoms with Gasteiger partial charge in [0, 0.05) is 29.9 Å². The molecule has 9 heteroatoms. The first-order valence-electron chi connectivity index (χ1n) is 10.9. The van der Waals surface area contributed by atoms with E-state index in [9.17, 15) is 9.59 Å². The highest BCUT2D eigenvalue weighted by atomic mass is 35.5. The van der Waals surface area contributed by atoms with E-state index < -0.39 is 11.9 Å². The first-order valence-corrected chi connectivity index (χ1v) is 11.8. The Labute approximate surface area is 213 Å². The van der Waals surface area contributed by atoms with Crippen LogP contribution in [0.4, 0.5) is 5.00 Å². The second-order valence-electron chi connectivity index (χ2n) is 8.09. The summed E-state index contributed by atoms with van der Waals surface area (Å²) in [7, 11) is 2.91. The number of esters is 1. The average Bonchev–Trinajstić information content (AvgIpc) is 3.45. The molecule has 4 aromatic rings. The Balaban J connectivity index is 0.00000289. The zero-order valence-corrected chi connectivity index (χ0v) is 21.0. The molecule has 1 N–H and O–H groups in total. The second kappa shape index (κ2) is 10.5. The SMILES string of the molecule is COC(=O)c1c(NC(=O)c2cc3cccc(OC)c3o2)sc2c1CCN(Cc1ccccc1)C2.Cl. The molecule has 1 aliphatic heterocycles. The summed E-state index contributed by atoms with van der Waals surface area (Å²) in [5, 5.41) is 4.13. The Morgan fingerprint density at radius 2 is 1.91 bits per heavy atom. The van der Waals surface area contributed by atoms with Gasteiger partial charge in [-0.3, -0.25) is 9.69 Å². The Hall–Kier alpha value is -3.33. The van der Waals surface area contributed by atoms with Crippen LogP contribution in [-0.2, 0) is 24.2 Å². The van der Waals surface area contributed by atoms with Gasteiger partial charge in [0.15, 0.2) is 17.1 Å². The molecule has 1 aliphatic rings. The number of hydrogen-bond acceptors (Lipinski definition) is 7. The molecule has 5 rings (SSSR count). The third-order valence-corrected chi connectivity index (χ3v) is 7.09. The van der Waals surface area contributed by atoms with Crippen molar-refractivity contribution in [1.29, 1.82) is 0 Å². The van der Waals surface area contributed by atoms with Crippen molar-refractivity contribution in [2.75, 3.05) is 26.1 Å². The third kappa shape index (κ3) is 4.91. The molecule has 0 radical (unpaired) electrons. The number of thiophene rings is 1. The second-order valence-corrected chi connectivity index (χ2v) is 9.19. The molecule has 35 heavy (non-hydrogen) atoms. The smallest absolute Gasteiger partial charge is 0.341 e. The van der Waals surface area contributed by atoms with Gasteiger partial charge in [0.05, 0.1) is 19.8 Å². The van der Waals surface area contributed by atoms with Gasteiger partial charge in [-0.1, -0.05) is 42.5 Å². The van der Waals surface area contributed by atoms with E-state index in [-0.39, 0.29) is 18.2 Å². The standard InChI is InChI=1S/C26H24N2O5S.ClH/c1-31-19-10-6-9-17-13-20(33-23(17)19)24(29)27-25-22(26(30)32-2)18-11-12-28(15-21(18)34-25)14-16-7-4-3-5-8-16;/h3-10,13H,11-12,14-15H2,1-2H3,(H,27,29);1H. The number of para-hydroxylation sites is 1. The summed E-state index contributed by atoms with van der Waals surface area (Å²) in [6, 6.07) is 17.4. The molecule has 0 saturated carbocycles. The van der Waals surface area contributed by atoms with Gasteiger partial charge >= 0.3 is 5.97 Å². The van der Waals surface area contributed by atoms with E-state index in [1.807, 2.05) is 30.3 Å². The van der Waals surface area contributed by atoms with Crippen molar-refractivity contribution >= 4 is 51.6 Å². The fourth-order valence-corrected chi connectivity index (χ4v) is 5.59. The number of carbonyl (C=O) groups is 2. The largest absolute Gasteiger partial charge is 0.493 e. The topological polar surface area (TPSA) is 81.0 Å². The van der Waals surface area contributed by atoms with E-state index >= 15 is 0 Å². The molecule has 0 bridgehead atoms. The van der Waals surface area contributed by atoms with Gasteiger partial charge in [0.1, 0.15) is 5.00 Å². The molecule has 2 aromatic heterocycles. The Morgan fingerprint density at radius 1 is 1.11 bits per heavy atom. The number of fused-ring (bicyclic) bond motifs is 2. The minimum atomic E-state index is -0.449. The normalized spacial score (nSPS) is 13.1. The van der Waals surface area contributed by atoms with Gasteiger partial charge in [-0.05, 0) is 29.7 Å². The fourth-order valence-electron chi connectivity index (χ4n) is 4.31. The molecule has 0 fully saturated rings. The van der Waals surface area contributed by atoms with Crippen molar-refractivity contribution in [2.24, 2.45) is 0 Å². The van der Waals surface area contributed by atoms with Crippen LogP contribution in [0.5, 0.6) is 5.75 Å². The van der Waals surface area contributed by atoms with Crippen molar-refractivity contribution in [3.63, 3.8) is 0 Å². The van der Waals surface area contributed by atoms with Gasteiger partial charge in [-0.15, -0.1) is 23.7 Å². The maximum absolute atomic E-state index is 13.1. The number of hydrogen-bond donors (Lipinski definition) is 1. The highest BCUT2D eigenvalue weighted by Gasteiger charge is 2.30. The lowest BCUT2D eigenvalue weighted by molar-refractivity contribution is 0.0600. The predicted octanol–water partition coefficient (Wildman–Crippen LogP) is 5.52. The van der Waals surface area contributed by atoms with E-state index in [2.05, 4.69) is 22.3 Å². The van der Waals surface area contributed by atoms with Crippen LogP contribution >= 0.6 is 23.7 Å². The number of ether oxygens (including phenoxy) is 2. The summed E-state index contributed by atoms with van der Waals surface area (Å²) < 4.78 is 16.2. The van der Waals surface area contributed by atoms with Crippen molar-refractivity contribution in [3.8, 4) is 5.75 Å². The number of nitrogens with one attached hydrogen (secondary N) is 1. The third-order valence-electron chi connectivity index (χ3n) is 5.95. The number of halogens is 1. The van der Waals surface area contributed by atoms with Crippen LogP contribution in [0.1, 0.15) is 36.9 Å².